The summed E-state index contributed by atoms with van der Waals surface area (Å²) in [6.07, 6.45) is 0.490. The van der Waals surface area contributed by atoms with E-state index < -0.39 is 0 Å². The van der Waals surface area contributed by atoms with Crippen molar-refractivity contribution < 1.29 is 9.32 Å². The minimum absolute atomic E-state index is 0.0160. The minimum atomic E-state index is -0.0160. The van der Waals surface area contributed by atoms with Gasteiger partial charge in [0.25, 0.3) is 5.91 Å². The molecule has 0 saturated carbocycles. The van der Waals surface area contributed by atoms with Crippen LogP contribution in [0.15, 0.2) is 89.5 Å². The number of benzene rings is 3. The predicted molar refractivity (Wildman–Crippen MR) is 116 cm³/mol. The first-order chi connectivity index (χ1) is 14.7. The molecule has 0 atom stereocenters. The largest absolute Gasteiger partial charge is 0.339 e. The highest BCUT2D eigenvalue weighted by molar-refractivity contribution is 5.94. The molecule has 0 fully saturated rings. The normalized spacial score (nSPS) is 10.7. The molecule has 0 saturated heterocycles. The number of aryl methyl sites for hydroxylation is 1. The van der Waals surface area contributed by atoms with Crippen LogP contribution in [0.5, 0.6) is 0 Å². The van der Waals surface area contributed by atoms with Crippen LogP contribution in [0, 0.1) is 6.92 Å². The number of amides is 1. The highest BCUT2D eigenvalue weighted by Crippen LogP contribution is 2.17. The lowest BCUT2D eigenvalue weighted by Gasteiger charge is -2.22. The fourth-order valence-corrected chi connectivity index (χ4v) is 3.23. The van der Waals surface area contributed by atoms with E-state index in [1.165, 1.54) is 5.56 Å². The lowest BCUT2D eigenvalue weighted by atomic mass is 10.1. The van der Waals surface area contributed by atoms with E-state index >= 15 is 0 Å². The number of carbonyl (C=O) groups is 1. The number of carbonyl (C=O) groups excluding carboxylic acids is 1. The second kappa shape index (κ2) is 9.18. The molecule has 0 aliphatic rings. The van der Waals surface area contributed by atoms with E-state index in [-0.39, 0.29) is 5.91 Å². The van der Waals surface area contributed by atoms with Crippen LogP contribution in [0.25, 0.3) is 11.4 Å². The van der Waals surface area contributed by atoms with Crippen LogP contribution in [-0.4, -0.2) is 27.5 Å². The number of hydrogen-bond acceptors (Lipinski definition) is 4. The van der Waals surface area contributed by atoms with Crippen molar-refractivity contribution in [2.45, 2.75) is 19.9 Å². The molecule has 5 heteroatoms. The van der Waals surface area contributed by atoms with Gasteiger partial charge in [-0.1, -0.05) is 83.5 Å². The van der Waals surface area contributed by atoms with Gasteiger partial charge >= 0.3 is 0 Å². The molecule has 1 amide bonds. The van der Waals surface area contributed by atoms with Crippen molar-refractivity contribution in [3.63, 3.8) is 0 Å². The van der Waals surface area contributed by atoms with Crippen LogP contribution in [0.2, 0.25) is 0 Å². The smallest absolute Gasteiger partial charge is 0.254 e. The Hall–Kier alpha value is -3.73. The fraction of sp³-hybridized carbons (Fsp3) is 0.160. The number of hydrogen-bond donors (Lipinski definition) is 0. The fourth-order valence-electron chi connectivity index (χ4n) is 3.23. The van der Waals surface area contributed by atoms with Crippen molar-refractivity contribution in [1.82, 2.24) is 15.0 Å². The standard InChI is InChI=1S/C25H23N3O2/c1-19-12-14-21(15-13-19)24-26-23(30-27-24)16-17-28(18-20-8-4-2-5-9-20)25(29)22-10-6-3-7-11-22/h2-15H,16-18H2,1H3. The van der Waals surface area contributed by atoms with Crippen molar-refractivity contribution in [3.8, 4) is 11.4 Å². The van der Waals surface area contributed by atoms with Crippen LogP contribution >= 0.6 is 0 Å². The van der Waals surface area contributed by atoms with Gasteiger partial charge in [-0.2, -0.15) is 4.98 Å². The van der Waals surface area contributed by atoms with Gasteiger partial charge in [0.05, 0.1) is 0 Å². The van der Waals surface area contributed by atoms with E-state index in [9.17, 15) is 4.79 Å². The molecule has 0 N–H and O–H groups in total. The lowest BCUT2D eigenvalue weighted by molar-refractivity contribution is 0.0741. The van der Waals surface area contributed by atoms with E-state index in [2.05, 4.69) is 10.1 Å². The van der Waals surface area contributed by atoms with Crippen LogP contribution in [0.1, 0.15) is 27.4 Å². The van der Waals surface area contributed by atoms with Crippen molar-refractivity contribution >= 4 is 5.91 Å². The summed E-state index contributed by atoms with van der Waals surface area (Å²) in [7, 11) is 0. The molecule has 0 aliphatic heterocycles. The summed E-state index contributed by atoms with van der Waals surface area (Å²) < 4.78 is 5.44. The van der Waals surface area contributed by atoms with E-state index in [0.717, 1.165) is 11.1 Å². The van der Waals surface area contributed by atoms with Gasteiger partial charge in [-0.3, -0.25) is 4.79 Å². The molecular formula is C25H23N3O2. The van der Waals surface area contributed by atoms with Crippen molar-refractivity contribution in [2.75, 3.05) is 6.54 Å². The Morgan fingerprint density at radius 2 is 1.57 bits per heavy atom. The average molecular weight is 397 g/mol. The van der Waals surface area contributed by atoms with E-state index in [0.29, 0.717) is 36.8 Å². The summed E-state index contributed by atoms with van der Waals surface area (Å²) in [5.74, 6) is 1.07. The highest BCUT2D eigenvalue weighted by atomic mass is 16.5. The average Bonchev–Trinajstić information content (AvgIpc) is 3.27. The number of nitrogens with zero attached hydrogens (tertiary/aromatic N) is 3. The zero-order valence-electron chi connectivity index (χ0n) is 16.9. The van der Waals surface area contributed by atoms with Gasteiger partial charge in [0, 0.05) is 30.6 Å². The topological polar surface area (TPSA) is 59.2 Å². The molecule has 1 heterocycles. The maximum Gasteiger partial charge on any atom is 0.254 e. The Morgan fingerprint density at radius 3 is 2.27 bits per heavy atom. The van der Waals surface area contributed by atoms with Crippen LogP contribution in [-0.2, 0) is 13.0 Å². The van der Waals surface area contributed by atoms with Gasteiger partial charge < -0.3 is 9.42 Å². The van der Waals surface area contributed by atoms with E-state index in [4.69, 9.17) is 4.52 Å². The Kier molecular flexibility index (Phi) is 5.99. The third-order valence-corrected chi connectivity index (χ3v) is 4.90. The zero-order chi connectivity index (χ0) is 20.8. The minimum Gasteiger partial charge on any atom is -0.339 e. The first-order valence-corrected chi connectivity index (χ1v) is 9.97. The van der Waals surface area contributed by atoms with E-state index in [1.807, 2.05) is 96.8 Å². The molecule has 0 spiro atoms. The summed E-state index contributed by atoms with van der Waals surface area (Å²) in [6, 6.07) is 27.3. The molecule has 150 valence electrons. The molecule has 1 aromatic heterocycles. The van der Waals surface area contributed by atoms with Crippen molar-refractivity contribution in [2.24, 2.45) is 0 Å². The second-order valence-electron chi connectivity index (χ2n) is 7.21. The summed E-state index contributed by atoms with van der Waals surface area (Å²) in [6.45, 7) is 3.04. The first kappa shape index (κ1) is 19.6. The van der Waals surface area contributed by atoms with Crippen LogP contribution in [0.3, 0.4) is 0 Å². The van der Waals surface area contributed by atoms with Gasteiger partial charge in [0.15, 0.2) is 0 Å². The molecule has 4 aromatic rings. The predicted octanol–water partition coefficient (Wildman–Crippen LogP) is 4.93. The summed E-state index contributed by atoms with van der Waals surface area (Å²) in [4.78, 5) is 19.4. The molecule has 0 bridgehead atoms. The third-order valence-electron chi connectivity index (χ3n) is 4.90. The Morgan fingerprint density at radius 1 is 0.900 bits per heavy atom. The Labute approximate surface area is 176 Å². The molecule has 5 nitrogen and oxygen atoms in total. The first-order valence-electron chi connectivity index (χ1n) is 9.97. The molecule has 0 radical (unpaired) electrons. The van der Waals surface area contributed by atoms with Crippen molar-refractivity contribution in [1.29, 1.82) is 0 Å². The Balaban J connectivity index is 1.49. The summed E-state index contributed by atoms with van der Waals surface area (Å²) in [5.41, 5.74) is 3.84. The van der Waals surface area contributed by atoms with Gasteiger partial charge in [0.1, 0.15) is 0 Å². The third kappa shape index (κ3) is 4.81. The van der Waals surface area contributed by atoms with Gasteiger partial charge in [-0.25, -0.2) is 0 Å². The quantitative estimate of drug-likeness (QED) is 0.444. The summed E-state index contributed by atoms with van der Waals surface area (Å²) in [5, 5.41) is 4.09. The van der Waals surface area contributed by atoms with Gasteiger partial charge in [-0.05, 0) is 24.6 Å². The van der Waals surface area contributed by atoms with E-state index in [1.54, 1.807) is 0 Å². The molecular weight excluding hydrogens is 374 g/mol. The molecule has 3 aromatic carbocycles. The maximum absolute atomic E-state index is 13.1. The van der Waals surface area contributed by atoms with Crippen LogP contribution < -0.4 is 0 Å². The molecule has 0 unspecified atom stereocenters. The number of rotatable bonds is 7. The SMILES string of the molecule is Cc1ccc(-c2noc(CCN(Cc3ccccc3)C(=O)c3ccccc3)n2)cc1. The Bertz CT molecular complexity index is 1090. The van der Waals surface area contributed by atoms with Crippen LogP contribution in [0.4, 0.5) is 0 Å². The highest BCUT2D eigenvalue weighted by Gasteiger charge is 2.18. The second-order valence-corrected chi connectivity index (χ2v) is 7.21. The van der Waals surface area contributed by atoms with Gasteiger partial charge in [0.2, 0.25) is 11.7 Å². The van der Waals surface area contributed by atoms with Crippen molar-refractivity contribution in [3.05, 3.63) is 108 Å². The zero-order valence-corrected chi connectivity index (χ0v) is 16.9. The number of aromatic nitrogens is 2. The molecule has 4 rings (SSSR count). The monoisotopic (exact) mass is 397 g/mol. The van der Waals surface area contributed by atoms with Gasteiger partial charge in [-0.15, -0.1) is 0 Å². The molecule has 30 heavy (non-hydrogen) atoms. The lowest BCUT2D eigenvalue weighted by Crippen LogP contribution is -2.32. The maximum atomic E-state index is 13.1. The molecule has 0 aliphatic carbocycles. The summed E-state index contributed by atoms with van der Waals surface area (Å²) >= 11 is 0.